The van der Waals surface area contributed by atoms with Crippen molar-refractivity contribution in [1.29, 1.82) is 0 Å². The zero-order chi connectivity index (χ0) is 25.7. The van der Waals surface area contributed by atoms with Gasteiger partial charge in [0, 0.05) is 24.3 Å². The number of rotatable bonds is 11. The number of nitrogens with one attached hydrogen (secondary N) is 1. The molecule has 0 aliphatic carbocycles. The van der Waals surface area contributed by atoms with Gasteiger partial charge in [0.2, 0.25) is 5.91 Å². The Bertz CT molecular complexity index is 1100. The van der Waals surface area contributed by atoms with Crippen LogP contribution in [0.5, 0.6) is 0 Å². The second-order valence-electron chi connectivity index (χ2n) is 7.24. The third-order valence-electron chi connectivity index (χ3n) is 4.82. The molecule has 2 aliphatic rings. The number of aliphatic carboxylic acids is 2. The van der Waals surface area contributed by atoms with Crippen molar-refractivity contribution in [3.63, 3.8) is 0 Å². The van der Waals surface area contributed by atoms with Crippen molar-refractivity contribution >= 4 is 64.2 Å². The zero-order valence-corrected chi connectivity index (χ0v) is 19.8. The quantitative estimate of drug-likeness (QED) is 0.0979. The molecule has 188 valence electrons. The highest BCUT2D eigenvalue weighted by Gasteiger charge is 2.57. The molecular formula is C19H21N5O9S2. The highest BCUT2D eigenvalue weighted by atomic mass is 32.2. The van der Waals surface area contributed by atoms with Crippen LogP contribution >= 0.6 is 23.1 Å². The lowest BCUT2D eigenvalue weighted by atomic mass is 9.92. The van der Waals surface area contributed by atoms with Crippen molar-refractivity contribution in [3.8, 4) is 0 Å². The lowest BCUT2D eigenvalue weighted by molar-refractivity contribution is -0.149. The highest BCUT2D eigenvalue weighted by molar-refractivity contribution is 8.00. The van der Waals surface area contributed by atoms with E-state index in [0.29, 0.717) is 5.69 Å². The van der Waals surface area contributed by atoms with Crippen LogP contribution < -0.4 is 11.1 Å². The Balaban J connectivity index is 1.80. The number of anilines is 1. The van der Waals surface area contributed by atoms with Gasteiger partial charge in [-0.05, 0) is 6.42 Å². The number of aromatic nitrogens is 1. The number of hydrogen-bond acceptors (Lipinski definition) is 12. The maximum atomic E-state index is 12.9. The molecule has 0 aromatic carbocycles. The number of carbonyl (C=O) groups is 5. The van der Waals surface area contributed by atoms with Gasteiger partial charge in [-0.2, -0.15) is 0 Å². The summed E-state index contributed by atoms with van der Waals surface area (Å²) in [7, 11) is 0. The summed E-state index contributed by atoms with van der Waals surface area (Å²) in [6.45, 7) is 0.647. The van der Waals surface area contributed by atoms with Crippen LogP contribution in [0.15, 0.2) is 21.8 Å². The van der Waals surface area contributed by atoms with Gasteiger partial charge in [-0.3, -0.25) is 24.1 Å². The van der Waals surface area contributed by atoms with Gasteiger partial charge in [0.05, 0.1) is 5.69 Å². The fourth-order valence-electron chi connectivity index (χ4n) is 3.33. The van der Waals surface area contributed by atoms with E-state index in [1.54, 1.807) is 5.38 Å². The SMILES string of the molecule is CC(=O)OCC1=C(C(=O)O)N2C(=O)[C@@H](c3csc(N)n3)[C@H]2SC1NC(=O)/C=N/OCCCC(=O)O. The largest absolute Gasteiger partial charge is 0.481 e. The Kier molecular flexibility index (Phi) is 8.29. The molecule has 1 fully saturated rings. The van der Waals surface area contributed by atoms with Crippen LogP contribution in [0.2, 0.25) is 0 Å². The number of thioether (sulfide) groups is 1. The number of nitrogens with zero attached hydrogens (tertiary/aromatic N) is 3. The molecule has 2 amide bonds. The van der Waals surface area contributed by atoms with Crippen LogP contribution in [0.25, 0.3) is 0 Å². The summed E-state index contributed by atoms with van der Waals surface area (Å²) >= 11 is 2.21. The van der Waals surface area contributed by atoms with E-state index in [9.17, 15) is 29.1 Å². The van der Waals surface area contributed by atoms with Gasteiger partial charge >= 0.3 is 17.9 Å². The number of carboxylic acid groups (broad SMARTS) is 2. The molecule has 5 N–H and O–H groups in total. The van der Waals surface area contributed by atoms with Crippen LogP contribution in [0.4, 0.5) is 5.13 Å². The van der Waals surface area contributed by atoms with Crippen LogP contribution in [-0.4, -0.2) is 80.0 Å². The molecule has 3 heterocycles. The highest BCUT2D eigenvalue weighted by Crippen LogP contribution is 2.50. The minimum atomic E-state index is -1.43. The molecule has 0 saturated carbocycles. The van der Waals surface area contributed by atoms with E-state index in [1.165, 1.54) is 0 Å². The summed E-state index contributed by atoms with van der Waals surface area (Å²) in [5.41, 5.74) is 5.67. The van der Waals surface area contributed by atoms with E-state index in [4.69, 9.17) is 20.4 Å². The third-order valence-corrected chi connectivity index (χ3v) is 6.94. The maximum Gasteiger partial charge on any atom is 0.352 e. The van der Waals surface area contributed by atoms with Crippen LogP contribution in [0.3, 0.4) is 0 Å². The molecule has 1 aromatic heterocycles. The lowest BCUT2D eigenvalue weighted by Crippen LogP contribution is -2.62. The van der Waals surface area contributed by atoms with Crippen molar-refractivity contribution in [2.75, 3.05) is 18.9 Å². The van der Waals surface area contributed by atoms with Gasteiger partial charge in [-0.1, -0.05) is 5.16 Å². The number of thiazole rings is 1. The maximum absolute atomic E-state index is 12.9. The fraction of sp³-hybridized carbons (Fsp3) is 0.421. The molecule has 14 nitrogen and oxygen atoms in total. The van der Waals surface area contributed by atoms with E-state index in [1.807, 2.05) is 0 Å². The van der Waals surface area contributed by atoms with Gasteiger partial charge in [-0.25, -0.2) is 9.78 Å². The number of fused-ring (bicyclic) bond motifs is 1. The molecule has 3 rings (SSSR count). The van der Waals surface area contributed by atoms with Crippen molar-refractivity contribution in [2.24, 2.45) is 5.16 Å². The average molecular weight is 528 g/mol. The Morgan fingerprint density at radius 3 is 2.69 bits per heavy atom. The zero-order valence-electron chi connectivity index (χ0n) is 18.2. The lowest BCUT2D eigenvalue weighted by Gasteiger charge is -2.50. The van der Waals surface area contributed by atoms with E-state index in [-0.39, 0.29) is 30.2 Å². The van der Waals surface area contributed by atoms with Crippen LogP contribution in [0.1, 0.15) is 31.4 Å². The summed E-state index contributed by atoms with van der Waals surface area (Å²) in [6, 6.07) is 0. The number of nitrogens with two attached hydrogens (primary N) is 1. The first-order valence-electron chi connectivity index (χ1n) is 10.1. The van der Waals surface area contributed by atoms with Gasteiger partial charge in [0.25, 0.3) is 5.91 Å². The van der Waals surface area contributed by atoms with Gasteiger partial charge in [0.1, 0.15) is 41.8 Å². The average Bonchev–Trinajstić information content (AvgIpc) is 3.19. The molecule has 3 atom stereocenters. The van der Waals surface area contributed by atoms with Crippen molar-refractivity contribution in [3.05, 3.63) is 22.3 Å². The number of esters is 1. The smallest absolute Gasteiger partial charge is 0.352 e. The van der Waals surface area contributed by atoms with Crippen molar-refractivity contribution in [2.45, 2.75) is 36.4 Å². The van der Waals surface area contributed by atoms with Gasteiger partial charge < -0.3 is 30.8 Å². The number of amides is 2. The number of nitrogen functional groups attached to an aromatic ring is 1. The molecule has 0 spiro atoms. The monoisotopic (exact) mass is 527 g/mol. The topological polar surface area (TPSA) is 211 Å². The molecule has 1 unspecified atom stereocenters. The predicted octanol–water partition coefficient (Wildman–Crippen LogP) is -0.0647. The van der Waals surface area contributed by atoms with E-state index < -0.39 is 58.7 Å². The summed E-state index contributed by atoms with van der Waals surface area (Å²) in [6.07, 6.45) is 0.880. The molecule has 2 aliphatic heterocycles. The van der Waals surface area contributed by atoms with Gasteiger partial charge in [-0.15, -0.1) is 23.1 Å². The number of carbonyl (C=O) groups excluding carboxylic acids is 3. The molecule has 1 saturated heterocycles. The normalized spacial score (nSPS) is 21.3. The second-order valence-corrected chi connectivity index (χ2v) is 9.35. The molecule has 0 radical (unpaired) electrons. The Morgan fingerprint density at radius 1 is 1.34 bits per heavy atom. The number of hydrogen-bond donors (Lipinski definition) is 4. The molecule has 1 aromatic rings. The number of β-lactam (4-membered cyclic amide) rings is 1. The summed E-state index contributed by atoms with van der Waals surface area (Å²) in [5, 5.41) is 24.6. The number of oxime groups is 1. The summed E-state index contributed by atoms with van der Waals surface area (Å²) < 4.78 is 4.98. The molecule has 35 heavy (non-hydrogen) atoms. The summed E-state index contributed by atoms with van der Waals surface area (Å²) in [5.74, 6) is -5.14. The minimum Gasteiger partial charge on any atom is -0.481 e. The Morgan fingerprint density at radius 2 is 2.09 bits per heavy atom. The van der Waals surface area contributed by atoms with Crippen molar-refractivity contribution < 1.29 is 43.8 Å². The second kappa shape index (κ2) is 11.2. The molecule has 16 heteroatoms. The standard InChI is InChI=1S/C19H21N5O9S2/c1-8(25)32-6-9-14(18(30)31)24-16(29)13(10-7-34-19(20)22-10)17(24)35-15(9)23-11(26)5-21-33-4-2-3-12(27)28/h5,7,13,15,17H,2-4,6H2,1H3,(H2,20,22)(H,23,26)(H,27,28)(H,30,31)/b21-5+/t13-,15?,17-/m1/s1. The number of carboxylic acids is 2. The van der Waals surface area contributed by atoms with Crippen LogP contribution in [0, 0.1) is 0 Å². The van der Waals surface area contributed by atoms with Crippen molar-refractivity contribution in [1.82, 2.24) is 15.2 Å². The van der Waals surface area contributed by atoms with Crippen LogP contribution in [-0.2, 0) is 33.5 Å². The molecular weight excluding hydrogens is 506 g/mol. The third kappa shape index (κ3) is 6.07. The fourth-order valence-corrected chi connectivity index (χ4v) is 5.48. The Hall–Kier alpha value is -3.66. The predicted molar refractivity (Wildman–Crippen MR) is 122 cm³/mol. The number of ether oxygens (including phenoxy) is 1. The minimum absolute atomic E-state index is 0.00247. The van der Waals surface area contributed by atoms with E-state index >= 15 is 0 Å². The summed E-state index contributed by atoms with van der Waals surface area (Å²) in [4.78, 5) is 69.3. The first-order valence-corrected chi connectivity index (χ1v) is 11.9. The first kappa shape index (κ1) is 26.0. The molecule has 0 bridgehead atoms. The Labute approximate surface area is 206 Å². The van der Waals surface area contributed by atoms with E-state index in [0.717, 1.165) is 41.1 Å². The van der Waals surface area contributed by atoms with E-state index in [2.05, 4.69) is 15.5 Å². The van der Waals surface area contributed by atoms with Gasteiger partial charge in [0.15, 0.2) is 5.13 Å². The first-order chi connectivity index (χ1) is 16.6.